The minimum absolute atomic E-state index is 0.00936. The summed E-state index contributed by atoms with van der Waals surface area (Å²) in [6.07, 6.45) is 6.71. The third-order valence-electron chi connectivity index (χ3n) is 5.59. The van der Waals surface area contributed by atoms with Crippen molar-refractivity contribution in [1.29, 1.82) is 15.8 Å². The lowest BCUT2D eigenvalue weighted by Crippen LogP contribution is -2.40. The van der Waals surface area contributed by atoms with Gasteiger partial charge in [0.1, 0.15) is 6.07 Å². The van der Waals surface area contributed by atoms with Gasteiger partial charge in [0.15, 0.2) is 11.2 Å². The molecule has 2 heterocycles. The summed E-state index contributed by atoms with van der Waals surface area (Å²) in [4.78, 5) is 14.9. The summed E-state index contributed by atoms with van der Waals surface area (Å²) in [5, 5.41) is 29.3. The van der Waals surface area contributed by atoms with Crippen molar-refractivity contribution in [1.82, 2.24) is 4.90 Å². The van der Waals surface area contributed by atoms with Crippen molar-refractivity contribution < 1.29 is 4.79 Å². The number of ketones is 1. The van der Waals surface area contributed by atoms with Crippen molar-refractivity contribution in [3.05, 3.63) is 59.8 Å². The fourth-order valence-corrected chi connectivity index (χ4v) is 4.21. The van der Waals surface area contributed by atoms with Crippen LogP contribution in [0.3, 0.4) is 0 Å². The molecule has 1 aromatic carbocycles. The summed E-state index contributed by atoms with van der Waals surface area (Å²) in [7, 11) is 0. The second kappa shape index (κ2) is 5.87. The van der Waals surface area contributed by atoms with Gasteiger partial charge in [-0.05, 0) is 24.5 Å². The highest BCUT2D eigenvalue weighted by Crippen LogP contribution is 2.54. The molecule has 3 aliphatic rings. The van der Waals surface area contributed by atoms with E-state index >= 15 is 0 Å². The molecule has 0 radical (unpaired) electrons. The van der Waals surface area contributed by atoms with Crippen LogP contribution in [-0.4, -0.2) is 22.8 Å². The first-order valence-corrected chi connectivity index (χ1v) is 8.65. The van der Waals surface area contributed by atoms with Gasteiger partial charge in [-0.2, -0.15) is 15.8 Å². The highest BCUT2D eigenvalue weighted by Gasteiger charge is 2.63. The number of carbonyl (C=O) groups is 1. The van der Waals surface area contributed by atoms with Gasteiger partial charge in [0.05, 0.1) is 29.8 Å². The van der Waals surface area contributed by atoms with Gasteiger partial charge >= 0.3 is 0 Å². The maximum atomic E-state index is 13.2. The number of carbonyl (C=O) groups excluding carboxylic acids is 1. The van der Waals surface area contributed by atoms with E-state index in [0.29, 0.717) is 5.57 Å². The Hall–Kier alpha value is -3.36. The molecule has 0 spiro atoms. The van der Waals surface area contributed by atoms with E-state index < -0.39 is 23.4 Å². The standard InChI is InChI=1S/C21H16N4O/c22-10-14-6-9-17-21(12-23,13-24)18(15-4-2-1-3-5-15)19(25(17)11-14)20(26)16-7-8-16/h1-6,9,11,16-19H,7-8H2/t17-,18+,19+/m1/s1. The summed E-state index contributed by atoms with van der Waals surface area (Å²) in [6, 6.07) is 14.7. The first-order valence-electron chi connectivity index (χ1n) is 8.65. The zero-order valence-electron chi connectivity index (χ0n) is 14.0. The SMILES string of the molecule is N#CC1=CN2[C@H](C(=O)C3CC3)[C@H](c3ccccc3)C(C#N)(C#N)[C@H]2C=C1. The summed E-state index contributed by atoms with van der Waals surface area (Å²) >= 11 is 0. The molecule has 0 N–H and O–H groups in total. The molecule has 4 rings (SSSR count). The Bertz CT molecular complexity index is 923. The quantitative estimate of drug-likeness (QED) is 0.843. The molecule has 1 aromatic rings. The molecular weight excluding hydrogens is 324 g/mol. The van der Waals surface area contributed by atoms with Crippen LogP contribution in [0.25, 0.3) is 0 Å². The van der Waals surface area contributed by atoms with E-state index in [2.05, 4.69) is 18.2 Å². The Kier molecular flexibility index (Phi) is 3.64. The molecule has 1 saturated heterocycles. The molecule has 1 aliphatic carbocycles. The van der Waals surface area contributed by atoms with Crippen LogP contribution >= 0.6 is 0 Å². The van der Waals surface area contributed by atoms with Gasteiger partial charge in [0.25, 0.3) is 0 Å². The van der Waals surface area contributed by atoms with Crippen molar-refractivity contribution in [2.45, 2.75) is 30.8 Å². The topological polar surface area (TPSA) is 91.7 Å². The predicted octanol–water partition coefficient (Wildman–Crippen LogP) is 2.81. The van der Waals surface area contributed by atoms with E-state index in [-0.39, 0.29) is 11.7 Å². The predicted molar refractivity (Wildman–Crippen MR) is 92.8 cm³/mol. The van der Waals surface area contributed by atoms with Crippen LogP contribution in [0, 0.1) is 45.3 Å². The number of nitrogens with zero attached hydrogens (tertiary/aromatic N) is 4. The van der Waals surface area contributed by atoms with Gasteiger partial charge in [-0.3, -0.25) is 4.79 Å². The number of rotatable bonds is 3. The lowest BCUT2D eigenvalue weighted by molar-refractivity contribution is -0.124. The van der Waals surface area contributed by atoms with E-state index in [9.17, 15) is 20.6 Å². The number of nitriles is 3. The molecule has 5 heteroatoms. The lowest BCUT2D eigenvalue weighted by Gasteiger charge is -2.30. The molecular formula is C21H16N4O. The lowest BCUT2D eigenvalue weighted by atomic mass is 9.69. The highest BCUT2D eigenvalue weighted by atomic mass is 16.1. The molecule has 26 heavy (non-hydrogen) atoms. The molecule has 126 valence electrons. The third kappa shape index (κ3) is 2.17. The Morgan fingerprint density at radius 1 is 1.12 bits per heavy atom. The monoisotopic (exact) mass is 340 g/mol. The second-order valence-corrected chi connectivity index (χ2v) is 7.05. The summed E-state index contributed by atoms with van der Waals surface area (Å²) < 4.78 is 0. The van der Waals surface area contributed by atoms with Crippen molar-refractivity contribution in [2.75, 3.05) is 0 Å². The number of hydrogen-bond acceptors (Lipinski definition) is 5. The van der Waals surface area contributed by atoms with E-state index in [0.717, 1.165) is 18.4 Å². The van der Waals surface area contributed by atoms with Gasteiger partial charge in [0, 0.05) is 18.0 Å². The average Bonchev–Trinajstić information content (AvgIpc) is 3.50. The minimum Gasteiger partial charge on any atom is -0.356 e. The first-order chi connectivity index (χ1) is 12.7. The number of benzene rings is 1. The van der Waals surface area contributed by atoms with Crippen LogP contribution in [0.4, 0.5) is 0 Å². The largest absolute Gasteiger partial charge is 0.356 e. The zero-order chi connectivity index (χ0) is 18.3. The van der Waals surface area contributed by atoms with Crippen LogP contribution in [0.5, 0.6) is 0 Å². The van der Waals surface area contributed by atoms with Gasteiger partial charge in [-0.1, -0.05) is 36.4 Å². The summed E-state index contributed by atoms with van der Waals surface area (Å²) in [5.41, 5.74) is -0.150. The van der Waals surface area contributed by atoms with E-state index in [1.165, 1.54) is 0 Å². The van der Waals surface area contributed by atoms with Crippen LogP contribution in [0.15, 0.2) is 54.3 Å². The number of fused-ring (bicyclic) bond motifs is 1. The molecule has 0 bridgehead atoms. The maximum absolute atomic E-state index is 13.2. The molecule has 3 atom stereocenters. The first kappa shape index (κ1) is 16.1. The Balaban J connectivity index is 1.93. The molecule has 1 saturated carbocycles. The Morgan fingerprint density at radius 2 is 1.81 bits per heavy atom. The van der Waals surface area contributed by atoms with Gasteiger partial charge in [0.2, 0.25) is 0 Å². The van der Waals surface area contributed by atoms with Crippen molar-refractivity contribution in [3.63, 3.8) is 0 Å². The molecule has 0 aromatic heterocycles. The van der Waals surface area contributed by atoms with Crippen LogP contribution in [0.2, 0.25) is 0 Å². The molecule has 0 unspecified atom stereocenters. The van der Waals surface area contributed by atoms with E-state index in [1.807, 2.05) is 30.3 Å². The van der Waals surface area contributed by atoms with Crippen LogP contribution < -0.4 is 0 Å². The number of hydrogen-bond donors (Lipinski definition) is 0. The molecule has 5 nitrogen and oxygen atoms in total. The van der Waals surface area contributed by atoms with Gasteiger partial charge < -0.3 is 4.90 Å². The van der Waals surface area contributed by atoms with Gasteiger partial charge in [-0.15, -0.1) is 0 Å². The third-order valence-corrected chi connectivity index (χ3v) is 5.59. The molecule has 2 aliphatic heterocycles. The fourth-order valence-electron chi connectivity index (χ4n) is 4.21. The Labute approximate surface area is 152 Å². The second-order valence-electron chi connectivity index (χ2n) is 7.05. The highest BCUT2D eigenvalue weighted by molar-refractivity contribution is 5.90. The summed E-state index contributed by atoms with van der Waals surface area (Å²) in [6.45, 7) is 0. The summed E-state index contributed by atoms with van der Waals surface area (Å²) in [5.74, 6) is -0.499. The number of allylic oxidation sites excluding steroid dienone is 2. The van der Waals surface area contributed by atoms with Crippen LogP contribution in [0.1, 0.15) is 24.3 Å². The van der Waals surface area contributed by atoms with Crippen molar-refractivity contribution in [3.8, 4) is 18.2 Å². The van der Waals surface area contributed by atoms with Crippen molar-refractivity contribution >= 4 is 5.78 Å². The molecule has 0 amide bonds. The van der Waals surface area contributed by atoms with E-state index in [1.54, 1.807) is 23.3 Å². The molecule has 2 fully saturated rings. The van der Waals surface area contributed by atoms with E-state index in [4.69, 9.17) is 0 Å². The Morgan fingerprint density at radius 3 is 2.38 bits per heavy atom. The number of Topliss-reactive ketones (excluding diaryl/α,β-unsaturated/α-hetero) is 1. The van der Waals surface area contributed by atoms with Gasteiger partial charge in [-0.25, -0.2) is 0 Å². The fraction of sp³-hybridized carbons (Fsp3) is 0.333. The van der Waals surface area contributed by atoms with Crippen molar-refractivity contribution in [2.24, 2.45) is 11.3 Å². The zero-order valence-corrected chi connectivity index (χ0v) is 14.0. The maximum Gasteiger partial charge on any atom is 0.176 e. The smallest absolute Gasteiger partial charge is 0.176 e. The normalized spacial score (nSPS) is 28.3. The average molecular weight is 340 g/mol. The minimum atomic E-state index is -1.38. The van der Waals surface area contributed by atoms with Crippen LogP contribution in [-0.2, 0) is 4.79 Å².